The van der Waals surface area contributed by atoms with Gasteiger partial charge in [0.15, 0.2) is 5.88 Å². The summed E-state index contributed by atoms with van der Waals surface area (Å²) in [5.74, 6) is 1.58. The van der Waals surface area contributed by atoms with Gasteiger partial charge in [-0.05, 0) is 58.5 Å². The number of hydrogen-bond acceptors (Lipinski definition) is 4. The Balaban J connectivity index is 1.85. The molecule has 5 nitrogen and oxygen atoms in total. The van der Waals surface area contributed by atoms with Crippen LogP contribution in [-0.4, -0.2) is 17.3 Å². The number of nitrogens with zero attached hydrogens (tertiary/aromatic N) is 1. The first-order valence-corrected chi connectivity index (χ1v) is 9.35. The normalized spacial score (nSPS) is 15.8. The van der Waals surface area contributed by atoms with Crippen molar-refractivity contribution in [3.63, 3.8) is 0 Å². The average Bonchev–Trinajstić information content (AvgIpc) is 3.05. The summed E-state index contributed by atoms with van der Waals surface area (Å²) in [4.78, 5) is 0. The van der Waals surface area contributed by atoms with Crippen LogP contribution in [-0.2, 0) is 0 Å². The van der Waals surface area contributed by atoms with Gasteiger partial charge in [-0.1, -0.05) is 29.8 Å². The van der Waals surface area contributed by atoms with Crippen LogP contribution >= 0.6 is 34.2 Å². The van der Waals surface area contributed by atoms with Crippen molar-refractivity contribution in [2.24, 2.45) is 5.73 Å². The van der Waals surface area contributed by atoms with Gasteiger partial charge in [-0.2, -0.15) is 0 Å². The summed E-state index contributed by atoms with van der Waals surface area (Å²) in [6, 6.07) is 13.7. The van der Waals surface area contributed by atoms with E-state index in [4.69, 9.17) is 26.8 Å². The SMILES string of the molecule is COc1ccc(C2C=C(N)Oc3n[nH]c(-c4ccc(Cl)cc4)c32)cc1I. The zero-order chi connectivity index (χ0) is 18.3. The Bertz CT molecular complexity index is 999. The highest BCUT2D eigenvalue weighted by atomic mass is 127. The number of nitrogens with two attached hydrogens (primary N) is 1. The summed E-state index contributed by atoms with van der Waals surface area (Å²) < 4.78 is 12.0. The number of methoxy groups -OCH3 is 1. The molecule has 0 saturated carbocycles. The maximum Gasteiger partial charge on any atom is 0.244 e. The molecular weight excluding hydrogens is 465 g/mol. The molecule has 1 aliphatic heterocycles. The van der Waals surface area contributed by atoms with E-state index in [0.717, 1.165) is 31.7 Å². The largest absolute Gasteiger partial charge is 0.496 e. The summed E-state index contributed by atoms with van der Waals surface area (Å²) in [5.41, 5.74) is 9.88. The number of rotatable bonds is 3. The minimum absolute atomic E-state index is 0.0809. The van der Waals surface area contributed by atoms with Gasteiger partial charge in [0.1, 0.15) is 5.75 Å². The molecule has 0 aliphatic carbocycles. The molecule has 2 heterocycles. The lowest BCUT2D eigenvalue weighted by Gasteiger charge is -2.21. The molecule has 1 aromatic heterocycles. The quantitative estimate of drug-likeness (QED) is 0.536. The average molecular weight is 480 g/mol. The van der Waals surface area contributed by atoms with Crippen LogP contribution in [0.1, 0.15) is 17.0 Å². The first kappa shape index (κ1) is 17.2. The number of aromatic nitrogens is 2. The molecule has 3 N–H and O–H groups in total. The second-order valence-corrected chi connectivity index (χ2v) is 7.47. The number of fused-ring (bicyclic) bond motifs is 1. The highest BCUT2D eigenvalue weighted by molar-refractivity contribution is 14.1. The van der Waals surface area contributed by atoms with Crippen molar-refractivity contribution in [1.29, 1.82) is 0 Å². The molecule has 1 atom stereocenters. The number of halogens is 2. The third-order valence-electron chi connectivity index (χ3n) is 4.29. The molecule has 1 aliphatic rings. The fourth-order valence-corrected chi connectivity index (χ4v) is 3.95. The van der Waals surface area contributed by atoms with E-state index < -0.39 is 0 Å². The smallest absolute Gasteiger partial charge is 0.244 e. The number of benzene rings is 2. The highest BCUT2D eigenvalue weighted by Crippen LogP contribution is 2.43. The van der Waals surface area contributed by atoms with E-state index in [0.29, 0.717) is 16.8 Å². The van der Waals surface area contributed by atoms with Gasteiger partial charge in [-0.3, -0.25) is 5.10 Å². The Morgan fingerprint density at radius 3 is 2.69 bits per heavy atom. The zero-order valence-corrected chi connectivity index (χ0v) is 16.7. The number of ether oxygens (including phenoxy) is 2. The first-order valence-electron chi connectivity index (χ1n) is 7.89. The van der Waals surface area contributed by atoms with E-state index in [1.165, 1.54) is 0 Å². The lowest BCUT2D eigenvalue weighted by atomic mass is 9.88. The van der Waals surface area contributed by atoms with Crippen molar-refractivity contribution in [1.82, 2.24) is 10.2 Å². The monoisotopic (exact) mass is 479 g/mol. The third kappa shape index (κ3) is 3.03. The van der Waals surface area contributed by atoms with E-state index in [1.807, 2.05) is 42.5 Å². The van der Waals surface area contributed by atoms with Crippen LogP contribution in [0.2, 0.25) is 5.02 Å². The molecule has 3 aromatic rings. The van der Waals surface area contributed by atoms with Gasteiger partial charge < -0.3 is 15.2 Å². The number of nitrogens with one attached hydrogen (secondary N) is 1. The summed E-state index contributed by atoms with van der Waals surface area (Å²) >= 11 is 8.28. The van der Waals surface area contributed by atoms with Crippen molar-refractivity contribution in [2.45, 2.75) is 5.92 Å². The first-order chi connectivity index (χ1) is 12.6. The summed E-state index contributed by atoms with van der Waals surface area (Å²) in [5, 5.41) is 8.07. The fraction of sp³-hybridized carbons (Fsp3) is 0.105. The van der Waals surface area contributed by atoms with Gasteiger partial charge >= 0.3 is 0 Å². The predicted molar refractivity (Wildman–Crippen MR) is 109 cm³/mol. The second kappa shape index (κ2) is 6.85. The van der Waals surface area contributed by atoms with Crippen molar-refractivity contribution >= 4 is 34.2 Å². The van der Waals surface area contributed by atoms with Crippen LogP contribution in [0, 0.1) is 3.57 Å². The Kier molecular flexibility index (Phi) is 4.54. The number of aromatic amines is 1. The minimum atomic E-state index is -0.0809. The van der Waals surface area contributed by atoms with Gasteiger partial charge in [-0.25, -0.2) is 0 Å². The second-order valence-electron chi connectivity index (χ2n) is 5.87. The molecule has 0 saturated heterocycles. The van der Waals surface area contributed by atoms with Gasteiger partial charge in [0.05, 0.1) is 21.9 Å². The molecule has 0 amide bonds. The fourth-order valence-electron chi connectivity index (χ4n) is 3.07. The Morgan fingerprint density at radius 1 is 1.23 bits per heavy atom. The number of hydrogen-bond donors (Lipinski definition) is 2. The number of allylic oxidation sites excluding steroid dienone is 1. The summed E-state index contributed by atoms with van der Waals surface area (Å²) in [6.07, 6.45) is 1.90. The Morgan fingerprint density at radius 2 is 2.00 bits per heavy atom. The maximum atomic E-state index is 6.02. The van der Waals surface area contributed by atoms with Gasteiger partial charge in [0.25, 0.3) is 0 Å². The van der Waals surface area contributed by atoms with Crippen LogP contribution in [0.4, 0.5) is 0 Å². The van der Waals surface area contributed by atoms with Crippen molar-refractivity contribution in [2.75, 3.05) is 7.11 Å². The Hall–Kier alpha value is -2.19. The van der Waals surface area contributed by atoms with E-state index >= 15 is 0 Å². The molecule has 1 unspecified atom stereocenters. The van der Waals surface area contributed by atoms with Crippen LogP contribution in [0.5, 0.6) is 11.6 Å². The van der Waals surface area contributed by atoms with Gasteiger partial charge in [0, 0.05) is 16.5 Å². The van der Waals surface area contributed by atoms with Crippen LogP contribution in [0.15, 0.2) is 54.4 Å². The number of H-pyrrole nitrogens is 1. The van der Waals surface area contributed by atoms with Crippen LogP contribution in [0.3, 0.4) is 0 Å². The Labute approximate surface area is 169 Å². The van der Waals surface area contributed by atoms with Crippen LogP contribution in [0.25, 0.3) is 11.3 Å². The standard InChI is InChI=1S/C19H15ClIN3O2/c1-25-15-7-4-11(8-14(15)21)13-9-16(22)26-19-17(13)18(23-24-19)10-2-5-12(20)6-3-10/h2-9,13H,22H2,1H3,(H,23,24). The molecule has 0 fully saturated rings. The van der Waals surface area contributed by atoms with E-state index in [1.54, 1.807) is 7.11 Å². The summed E-state index contributed by atoms with van der Waals surface area (Å²) in [7, 11) is 1.66. The molecule has 26 heavy (non-hydrogen) atoms. The molecule has 0 radical (unpaired) electrons. The van der Waals surface area contributed by atoms with Crippen LogP contribution < -0.4 is 15.2 Å². The molecular formula is C19H15ClIN3O2. The lowest BCUT2D eigenvalue weighted by molar-refractivity contribution is 0.384. The topological polar surface area (TPSA) is 73.2 Å². The van der Waals surface area contributed by atoms with Gasteiger partial charge in [0.2, 0.25) is 5.88 Å². The molecule has 0 spiro atoms. The summed E-state index contributed by atoms with van der Waals surface area (Å²) in [6.45, 7) is 0. The zero-order valence-electron chi connectivity index (χ0n) is 13.8. The highest BCUT2D eigenvalue weighted by Gasteiger charge is 2.29. The van der Waals surface area contributed by atoms with E-state index in [2.05, 4.69) is 38.9 Å². The molecule has 7 heteroatoms. The maximum absolute atomic E-state index is 6.02. The molecule has 4 rings (SSSR count). The molecule has 0 bridgehead atoms. The molecule has 132 valence electrons. The van der Waals surface area contributed by atoms with Gasteiger partial charge in [-0.15, -0.1) is 5.10 Å². The lowest BCUT2D eigenvalue weighted by Crippen LogP contribution is -2.16. The van der Waals surface area contributed by atoms with E-state index in [9.17, 15) is 0 Å². The van der Waals surface area contributed by atoms with Crippen molar-refractivity contribution in [3.05, 3.63) is 74.1 Å². The van der Waals surface area contributed by atoms with Crippen molar-refractivity contribution in [3.8, 4) is 22.9 Å². The third-order valence-corrected chi connectivity index (χ3v) is 5.39. The van der Waals surface area contributed by atoms with E-state index in [-0.39, 0.29) is 5.92 Å². The minimum Gasteiger partial charge on any atom is -0.496 e. The molecule has 2 aromatic carbocycles. The predicted octanol–water partition coefficient (Wildman–Crippen LogP) is 4.67. The van der Waals surface area contributed by atoms with Crippen molar-refractivity contribution < 1.29 is 9.47 Å².